The Balaban J connectivity index is 2.01. The van der Waals surface area contributed by atoms with Crippen molar-refractivity contribution in [1.29, 1.82) is 0 Å². The molecule has 1 aromatic carbocycles. The van der Waals surface area contributed by atoms with Crippen molar-refractivity contribution in [3.8, 4) is 0 Å². The van der Waals surface area contributed by atoms with Crippen LogP contribution in [0.5, 0.6) is 0 Å². The second kappa shape index (κ2) is 6.53. The normalized spacial score (nSPS) is 19.6. The maximum atomic E-state index is 10.9. The lowest BCUT2D eigenvalue weighted by Gasteiger charge is -2.30. The summed E-state index contributed by atoms with van der Waals surface area (Å²) in [6.45, 7) is 3.16. The Kier molecular flexibility index (Phi) is 4.75. The van der Waals surface area contributed by atoms with E-state index in [4.69, 9.17) is 4.74 Å². The number of morpholine rings is 1. The van der Waals surface area contributed by atoms with Gasteiger partial charge in [-0.15, -0.1) is 0 Å². The highest BCUT2D eigenvalue weighted by atomic mass is 16.6. The van der Waals surface area contributed by atoms with Crippen LogP contribution in [0.15, 0.2) is 18.2 Å². The summed E-state index contributed by atoms with van der Waals surface area (Å²) in [7, 11) is 3.80. The first-order chi connectivity index (χ1) is 9.58. The van der Waals surface area contributed by atoms with E-state index in [0.717, 1.165) is 25.4 Å². The van der Waals surface area contributed by atoms with Crippen LogP contribution in [-0.4, -0.2) is 56.3 Å². The molecule has 1 atom stereocenters. The summed E-state index contributed by atoms with van der Waals surface area (Å²) in [5.41, 5.74) is 1.50. The molecule has 7 nitrogen and oxygen atoms in total. The first-order valence-corrected chi connectivity index (χ1v) is 6.59. The molecule has 0 bridgehead atoms. The number of nitrogens with one attached hydrogen (secondary N) is 2. The van der Waals surface area contributed by atoms with Gasteiger partial charge in [0, 0.05) is 50.2 Å². The topological polar surface area (TPSA) is 79.7 Å². The molecule has 0 saturated carbocycles. The van der Waals surface area contributed by atoms with E-state index in [9.17, 15) is 10.1 Å². The van der Waals surface area contributed by atoms with Gasteiger partial charge in [0.1, 0.15) is 0 Å². The van der Waals surface area contributed by atoms with Crippen molar-refractivity contribution in [2.75, 3.05) is 51.0 Å². The molecule has 7 heteroatoms. The zero-order chi connectivity index (χ0) is 14.5. The molecule has 0 spiro atoms. The number of non-ortho nitro benzene ring substituents is 1. The van der Waals surface area contributed by atoms with Gasteiger partial charge in [-0.1, -0.05) is 0 Å². The predicted octanol–water partition coefficient (Wildman–Crippen LogP) is 1.38. The smallest absolute Gasteiger partial charge is 0.273 e. The van der Waals surface area contributed by atoms with Gasteiger partial charge >= 0.3 is 0 Å². The summed E-state index contributed by atoms with van der Waals surface area (Å²) >= 11 is 0. The minimum atomic E-state index is -0.392. The summed E-state index contributed by atoms with van der Waals surface area (Å²) in [6, 6.07) is 4.89. The van der Waals surface area contributed by atoms with Gasteiger partial charge in [0.25, 0.3) is 5.69 Å². The molecule has 0 amide bonds. The fourth-order valence-corrected chi connectivity index (χ4v) is 2.18. The molecule has 0 aliphatic carbocycles. The highest BCUT2D eigenvalue weighted by Crippen LogP contribution is 2.24. The molecule has 2 rings (SSSR count). The van der Waals surface area contributed by atoms with Crippen LogP contribution in [0.25, 0.3) is 0 Å². The number of nitro groups is 1. The fourth-order valence-electron chi connectivity index (χ4n) is 2.18. The molecule has 1 unspecified atom stereocenters. The summed E-state index contributed by atoms with van der Waals surface area (Å²) < 4.78 is 5.65. The molecule has 20 heavy (non-hydrogen) atoms. The highest BCUT2D eigenvalue weighted by molar-refractivity contribution is 5.63. The van der Waals surface area contributed by atoms with Crippen molar-refractivity contribution in [1.82, 2.24) is 4.90 Å². The molecule has 1 aliphatic rings. The number of ether oxygens (including phenoxy) is 1. The first-order valence-electron chi connectivity index (χ1n) is 6.59. The lowest BCUT2D eigenvalue weighted by molar-refractivity contribution is -0.384. The Bertz CT molecular complexity index is 481. The van der Waals surface area contributed by atoms with E-state index in [-0.39, 0.29) is 11.8 Å². The second-order valence-electron chi connectivity index (χ2n) is 4.91. The van der Waals surface area contributed by atoms with Gasteiger partial charge in [-0.25, -0.2) is 0 Å². The first kappa shape index (κ1) is 14.5. The average molecular weight is 280 g/mol. The van der Waals surface area contributed by atoms with Crippen molar-refractivity contribution >= 4 is 17.1 Å². The van der Waals surface area contributed by atoms with E-state index in [1.165, 1.54) is 12.1 Å². The molecule has 1 saturated heterocycles. The molecule has 1 aliphatic heterocycles. The Labute approximate surface area is 118 Å². The van der Waals surface area contributed by atoms with Crippen LogP contribution in [0.2, 0.25) is 0 Å². The van der Waals surface area contributed by atoms with Crippen LogP contribution in [0.4, 0.5) is 17.1 Å². The summed E-state index contributed by atoms with van der Waals surface area (Å²) in [4.78, 5) is 12.7. The number of hydrogen-bond acceptors (Lipinski definition) is 6. The second-order valence-corrected chi connectivity index (χ2v) is 4.91. The van der Waals surface area contributed by atoms with Crippen LogP contribution in [0.3, 0.4) is 0 Å². The summed E-state index contributed by atoms with van der Waals surface area (Å²) in [5.74, 6) is 0. The standard InChI is InChI=1S/C13H20N4O3/c1-14-10-5-11(7-12(6-10)17(18)19)15-8-13-9-16(2)3-4-20-13/h5-7,13-15H,3-4,8-9H2,1-2H3. The lowest BCUT2D eigenvalue weighted by atomic mass is 10.2. The van der Waals surface area contributed by atoms with Gasteiger partial charge in [-0.3, -0.25) is 10.1 Å². The summed E-state index contributed by atoms with van der Waals surface area (Å²) in [5, 5.41) is 17.0. The third kappa shape index (κ3) is 3.82. The molecule has 1 aromatic rings. The molecule has 2 N–H and O–H groups in total. The Hall–Kier alpha value is -1.86. The Morgan fingerprint density at radius 1 is 1.45 bits per heavy atom. The van der Waals surface area contributed by atoms with Crippen molar-refractivity contribution in [3.63, 3.8) is 0 Å². The third-order valence-electron chi connectivity index (χ3n) is 3.29. The number of rotatable bonds is 5. The molecule has 0 aromatic heterocycles. The number of nitrogens with zero attached hydrogens (tertiary/aromatic N) is 2. The minimum absolute atomic E-state index is 0.0704. The van der Waals surface area contributed by atoms with Gasteiger partial charge in [0.15, 0.2) is 0 Å². The van der Waals surface area contributed by atoms with Gasteiger partial charge in [-0.2, -0.15) is 0 Å². The SMILES string of the molecule is CNc1cc(NCC2CN(C)CCO2)cc([N+](=O)[O-])c1. The van der Waals surface area contributed by atoms with E-state index in [0.29, 0.717) is 12.2 Å². The van der Waals surface area contributed by atoms with Crippen LogP contribution in [0, 0.1) is 10.1 Å². The third-order valence-corrected chi connectivity index (χ3v) is 3.29. The fraction of sp³-hybridized carbons (Fsp3) is 0.538. The molecular weight excluding hydrogens is 260 g/mol. The van der Waals surface area contributed by atoms with E-state index in [1.54, 1.807) is 7.05 Å². The number of likely N-dealkylation sites (N-methyl/N-ethyl adjacent to an activating group) is 1. The highest BCUT2D eigenvalue weighted by Gasteiger charge is 2.17. The molecule has 1 fully saturated rings. The van der Waals surface area contributed by atoms with Gasteiger partial charge in [0.2, 0.25) is 0 Å². The molecule has 110 valence electrons. The number of hydrogen-bond donors (Lipinski definition) is 2. The zero-order valence-electron chi connectivity index (χ0n) is 11.8. The van der Waals surface area contributed by atoms with Crippen LogP contribution in [-0.2, 0) is 4.74 Å². The number of nitro benzene ring substituents is 1. The van der Waals surface area contributed by atoms with Crippen LogP contribution >= 0.6 is 0 Å². The zero-order valence-corrected chi connectivity index (χ0v) is 11.8. The van der Waals surface area contributed by atoms with E-state index in [2.05, 4.69) is 22.6 Å². The molecule has 0 radical (unpaired) electrons. The minimum Gasteiger partial charge on any atom is -0.388 e. The van der Waals surface area contributed by atoms with Gasteiger partial charge in [-0.05, 0) is 13.1 Å². The predicted molar refractivity (Wildman–Crippen MR) is 78.4 cm³/mol. The van der Waals surface area contributed by atoms with Crippen molar-refractivity contribution in [2.45, 2.75) is 6.10 Å². The van der Waals surface area contributed by atoms with Crippen molar-refractivity contribution in [2.24, 2.45) is 0 Å². The molecule has 1 heterocycles. The van der Waals surface area contributed by atoms with E-state index < -0.39 is 4.92 Å². The summed E-state index contributed by atoms with van der Waals surface area (Å²) in [6.07, 6.45) is 0.103. The van der Waals surface area contributed by atoms with Crippen LogP contribution in [0.1, 0.15) is 0 Å². The van der Waals surface area contributed by atoms with Crippen molar-refractivity contribution in [3.05, 3.63) is 28.3 Å². The quantitative estimate of drug-likeness (QED) is 0.626. The number of anilines is 2. The van der Waals surface area contributed by atoms with Gasteiger partial charge in [0.05, 0.1) is 17.6 Å². The van der Waals surface area contributed by atoms with Crippen LogP contribution < -0.4 is 10.6 Å². The largest absolute Gasteiger partial charge is 0.388 e. The van der Waals surface area contributed by atoms with Gasteiger partial charge < -0.3 is 20.3 Å². The lowest BCUT2D eigenvalue weighted by Crippen LogP contribution is -2.43. The maximum absolute atomic E-state index is 10.9. The maximum Gasteiger partial charge on any atom is 0.273 e. The molecular formula is C13H20N4O3. The number of benzene rings is 1. The van der Waals surface area contributed by atoms with E-state index in [1.807, 2.05) is 6.07 Å². The van der Waals surface area contributed by atoms with Crippen molar-refractivity contribution < 1.29 is 9.66 Å². The van der Waals surface area contributed by atoms with E-state index >= 15 is 0 Å². The Morgan fingerprint density at radius 3 is 2.85 bits per heavy atom. The Morgan fingerprint density at radius 2 is 2.20 bits per heavy atom. The average Bonchev–Trinajstić information content (AvgIpc) is 2.45. The monoisotopic (exact) mass is 280 g/mol.